The largest absolute Gasteiger partial charge is 0.327 e. The fourth-order valence-corrected chi connectivity index (χ4v) is 2.35. The van der Waals surface area contributed by atoms with Gasteiger partial charge in [0, 0.05) is 20.0 Å². The fraction of sp³-hybridized carbons (Fsp3) is 0.467. The summed E-state index contributed by atoms with van der Waals surface area (Å²) in [5, 5.41) is 0. The monoisotopic (exact) mass is 260 g/mol. The molecule has 1 fully saturated rings. The molecule has 3 amide bonds. The van der Waals surface area contributed by atoms with Crippen LogP contribution >= 0.6 is 0 Å². The second kappa shape index (κ2) is 5.87. The molecule has 0 saturated carbocycles. The van der Waals surface area contributed by atoms with E-state index in [1.54, 1.807) is 11.9 Å². The SMILES string of the molecule is CCCCN1C(=O)C(Cc2ccccc2)N(C)C1=O. The molecule has 0 N–H and O–H groups in total. The summed E-state index contributed by atoms with van der Waals surface area (Å²) in [7, 11) is 1.71. The topological polar surface area (TPSA) is 40.6 Å². The fourth-order valence-electron chi connectivity index (χ4n) is 2.35. The molecule has 0 aromatic heterocycles. The highest BCUT2D eigenvalue weighted by Crippen LogP contribution is 2.20. The number of likely N-dealkylation sites (N-methyl/N-ethyl adjacent to an activating group) is 1. The first-order chi connectivity index (χ1) is 9.15. The molecule has 1 unspecified atom stereocenters. The van der Waals surface area contributed by atoms with Crippen LogP contribution < -0.4 is 0 Å². The minimum absolute atomic E-state index is 0.0650. The lowest BCUT2D eigenvalue weighted by Crippen LogP contribution is -2.33. The van der Waals surface area contributed by atoms with Crippen LogP contribution in [0, 0.1) is 0 Å². The maximum Gasteiger partial charge on any atom is 0.327 e. The van der Waals surface area contributed by atoms with Crippen molar-refractivity contribution >= 4 is 11.9 Å². The Morgan fingerprint density at radius 2 is 1.84 bits per heavy atom. The van der Waals surface area contributed by atoms with E-state index in [-0.39, 0.29) is 18.0 Å². The van der Waals surface area contributed by atoms with E-state index in [0.717, 1.165) is 18.4 Å². The van der Waals surface area contributed by atoms with E-state index in [0.29, 0.717) is 13.0 Å². The lowest BCUT2D eigenvalue weighted by Gasteiger charge is -2.15. The Hall–Kier alpha value is -1.84. The summed E-state index contributed by atoms with van der Waals surface area (Å²) >= 11 is 0. The lowest BCUT2D eigenvalue weighted by molar-refractivity contribution is -0.128. The minimum atomic E-state index is -0.355. The minimum Gasteiger partial charge on any atom is -0.315 e. The first-order valence-electron chi connectivity index (χ1n) is 6.77. The first-order valence-corrected chi connectivity index (χ1v) is 6.77. The number of nitrogens with zero attached hydrogens (tertiary/aromatic N) is 2. The van der Waals surface area contributed by atoms with E-state index in [2.05, 4.69) is 6.92 Å². The van der Waals surface area contributed by atoms with Crippen molar-refractivity contribution in [1.29, 1.82) is 0 Å². The summed E-state index contributed by atoms with van der Waals surface area (Å²) in [6.07, 6.45) is 2.43. The Morgan fingerprint density at radius 3 is 2.47 bits per heavy atom. The van der Waals surface area contributed by atoms with Gasteiger partial charge in [-0.3, -0.25) is 9.69 Å². The standard InChI is InChI=1S/C15H20N2O2/c1-3-4-10-17-14(18)13(16(2)15(17)19)11-12-8-6-5-7-9-12/h5-9,13H,3-4,10-11H2,1-2H3. The Bertz CT molecular complexity index is 458. The number of hydrogen-bond acceptors (Lipinski definition) is 2. The highest BCUT2D eigenvalue weighted by Gasteiger charge is 2.42. The van der Waals surface area contributed by atoms with Gasteiger partial charge >= 0.3 is 6.03 Å². The Balaban J connectivity index is 2.09. The third-order valence-corrected chi connectivity index (χ3v) is 3.56. The number of carbonyl (C=O) groups is 2. The predicted molar refractivity (Wildman–Crippen MR) is 73.7 cm³/mol. The normalized spacial score (nSPS) is 19.4. The van der Waals surface area contributed by atoms with E-state index in [4.69, 9.17) is 0 Å². The maximum absolute atomic E-state index is 12.3. The summed E-state index contributed by atoms with van der Waals surface area (Å²) in [5.74, 6) is -0.0650. The van der Waals surface area contributed by atoms with Crippen molar-refractivity contribution in [2.75, 3.05) is 13.6 Å². The van der Waals surface area contributed by atoms with Crippen LogP contribution in [-0.2, 0) is 11.2 Å². The van der Waals surface area contributed by atoms with Gasteiger partial charge in [0.15, 0.2) is 0 Å². The first kappa shape index (κ1) is 13.6. The highest BCUT2D eigenvalue weighted by atomic mass is 16.2. The average molecular weight is 260 g/mol. The van der Waals surface area contributed by atoms with Crippen LogP contribution in [0.2, 0.25) is 0 Å². The van der Waals surface area contributed by atoms with Gasteiger partial charge in [-0.2, -0.15) is 0 Å². The zero-order valence-electron chi connectivity index (χ0n) is 11.5. The van der Waals surface area contributed by atoms with Crippen molar-refractivity contribution < 1.29 is 9.59 Å². The number of urea groups is 1. The van der Waals surface area contributed by atoms with Gasteiger partial charge in [-0.1, -0.05) is 43.7 Å². The molecular formula is C15H20N2O2. The van der Waals surface area contributed by atoms with E-state index < -0.39 is 0 Å². The molecule has 1 atom stereocenters. The van der Waals surface area contributed by atoms with Gasteiger partial charge in [-0.15, -0.1) is 0 Å². The molecule has 0 spiro atoms. The van der Waals surface area contributed by atoms with Crippen molar-refractivity contribution in [2.24, 2.45) is 0 Å². The molecule has 0 bridgehead atoms. The quantitative estimate of drug-likeness (QED) is 0.762. The summed E-state index contributed by atoms with van der Waals surface area (Å²) in [4.78, 5) is 27.3. The van der Waals surface area contributed by atoms with Crippen LogP contribution in [0.25, 0.3) is 0 Å². The summed E-state index contributed by atoms with van der Waals surface area (Å²) < 4.78 is 0. The Morgan fingerprint density at radius 1 is 1.16 bits per heavy atom. The number of carbonyl (C=O) groups excluding carboxylic acids is 2. The number of imide groups is 1. The van der Waals surface area contributed by atoms with Crippen molar-refractivity contribution in [3.8, 4) is 0 Å². The molecule has 102 valence electrons. The molecule has 19 heavy (non-hydrogen) atoms. The Labute approximate surface area is 114 Å². The van der Waals surface area contributed by atoms with E-state index in [1.807, 2.05) is 30.3 Å². The van der Waals surface area contributed by atoms with Crippen molar-refractivity contribution in [2.45, 2.75) is 32.2 Å². The number of benzene rings is 1. The van der Waals surface area contributed by atoms with Gasteiger partial charge in [0.1, 0.15) is 6.04 Å². The molecule has 0 aliphatic carbocycles. The van der Waals surface area contributed by atoms with Crippen LogP contribution in [0.3, 0.4) is 0 Å². The van der Waals surface area contributed by atoms with Gasteiger partial charge in [0.25, 0.3) is 5.91 Å². The van der Waals surface area contributed by atoms with E-state index >= 15 is 0 Å². The number of unbranched alkanes of at least 4 members (excludes halogenated alkanes) is 1. The molecular weight excluding hydrogens is 240 g/mol. The van der Waals surface area contributed by atoms with Crippen LogP contribution in [-0.4, -0.2) is 41.4 Å². The van der Waals surface area contributed by atoms with Crippen LogP contribution in [0.15, 0.2) is 30.3 Å². The van der Waals surface area contributed by atoms with Gasteiger partial charge < -0.3 is 4.90 Å². The highest BCUT2D eigenvalue weighted by molar-refractivity contribution is 6.04. The molecule has 0 radical (unpaired) electrons. The molecule has 4 nitrogen and oxygen atoms in total. The molecule has 1 aromatic rings. The van der Waals surface area contributed by atoms with Crippen LogP contribution in [0.1, 0.15) is 25.3 Å². The lowest BCUT2D eigenvalue weighted by atomic mass is 10.1. The van der Waals surface area contributed by atoms with Gasteiger partial charge in [0.2, 0.25) is 0 Å². The molecule has 2 rings (SSSR count). The van der Waals surface area contributed by atoms with Crippen LogP contribution in [0.5, 0.6) is 0 Å². The van der Waals surface area contributed by atoms with Gasteiger partial charge in [-0.25, -0.2) is 4.79 Å². The van der Waals surface area contributed by atoms with Crippen LogP contribution in [0.4, 0.5) is 4.79 Å². The van der Waals surface area contributed by atoms with Gasteiger partial charge in [0.05, 0.1) is 0 Å². The molecule has 1 aliphatic rings. The average Bonchev–Trinajstić information content (AvgIpc) is 2.62. The third kappa shape index (κ3) is 2.78. The maximum atomic E-state index is 12.3. The van der Waals surface area contributed by atoms with E-state index in [9.17, 15) is 9.59 Å². The third-order valence-electron chi connectivity index (χ3n) is 3.56. The second-order valence-corrected chi connectivity index (χ2v) is 4.94. The van der Waals surface area contributed by atoms with Gasteiger partial charge in [-0.05, 0) is 12.0 Å². The number of hydrogen-bond donors (Lipinski definition) is 0. The molecule has 4 heteroatoms. The molecule has 1 saturated heterocycles. The molecule has 1 heterocycles. The summed E-state index contributed by atoms with van der Waals surface area (Å²) in [5.41, 5.74) is 1.08. The zero-order valence-corrected chi connectivity index (χ0v) is 11.5. The van der Waals surface area contributed by atoms with Crippen molar-refractivity contribution in [1.82, 2.24) is 9.80 Å². The predicted octanol–water partition coefficient (Wildman–Crippen LogP) is 2.29. The van der Waals surface area contributed by atoms with Crippen molar-refractivity contribution in [3.05, 3.63) is 35.9 Å². The summed E-state index contributed by atoms with van der Waals surface area (Å²) in [6, 6.07) is 9.30. The number of amides is 3. The smallest absolute Gasteiger partial charge is 0.315 e. The zero-order chi connectivity index (χ0) is 13.8. The Kier molecular flexibility index (Phi) is 4.20. The summed E-state index contributed by atoms with van der Waals surface area (Å²) in [6.45, 7) is 2.58. The second-order valence-electron chi connectivity index (χ2n) is 4.94. The molecule has 1 aliphatic heterocycles. The van der Waals surface area contributed by atoms with Crippen molar-refractivity contribution in [3.63, 3.8) is 0 Å². The van der Waals surface area contributed by atoms with E-state index in [1.165, 1.54) is 4.90 Å². The molecule has 1 aromatic carbocycles. The number of rotatable bonds is 5.